The predicted molar refractivity (Wildman–Crippen MR) is 55.7 cm³/mol. The van der Waals surface area contributed by atoms with Gasteiger partial charge in [-0.25, -0.2) is 0 Å². The van der Waals surface area contributed by atoms with E-state index in [0.717, 1.165) is 17.5 Å². The lowest BCUT2D eigenvalue weighted by Crippen LogP contribution is -2.22. The highest BCUT2D eigenvalue weighted by atomic mass is 16.1. The van der Waals surface area contributed by atoms with E-state index in [-0.39, 0.29) is 5.91 Å². The normalized spacial score (nSPS) is 9.86. The molecule has 0 aromatic carbocycles. The van der Waals surface area contributed by atoms with Crippen LogP contribution in [0.1, 0.15) is 30.9 Å². The van der Waals surface area contributed by atoms with Crippen molar-refractivity contribution in [1.29, 1.82) is 0 Å². The third kappa shape index (κ3) is 3.17. The minimum absolute atomic E-state index is 0.115. The molecule has 3 nitrogen and oxygen atoms in total. The lowest BCUT2D eigenvalue weighted by molar-refractivity contribution is -0.121. The molecule has 0 saturated heterocycles. The van der Waals surface area contributed by atoms with E-state index in [1.807, 2.05) is 19.9 Å². The molecule has 0 aliphatic heterocycles. The van der Waals surface area contributed by atoms with E-state index in [1.54, 1.807) is 12.4 Å². The minimum atomic E-state index is 0.115. The number of aromatic nitrogens is 1. The summed E-state index contributed by atoms with van der Waals surface area (Å²) in [4.78, 5) is 15.2. The Bertz CT molecular complexity index is 310. The lowest BCUT2D eigenvalue weighted by atomic mass is 10.1. The van der Waals surface area contributed by atoms with Gasteiger partial charge >= 0.3 is 0 Å². The summed E-state index contributed by atoms with van der Waals surface area (Å²) in [6, 6.07) is 1.93. The highest BCUT2D eigenvalue weighted by molar-refractivity contribution is 5.75. The fraction of sp³-hybridized carbons (Fsp3) is 0.455. The first-order valence-corrected chi connectivity index (χ1v) is 4.90. The van der Waals surface area contributed by atoms with Crippen molar-refractivity contribution in [3.05, 3.63) is 29.6 Å². The molecule has 0 aliphatic carbocycles. The molecule has 0 atom stereocenters. The van der Waals surface area contributed by atoms with Crippen LogP contribution in [-0.4, -0.2) is 10.9 Å². The molecule has 0 bridgehead atoms. The van der Waals surface area contributed by atoms with E-state index in [4.69, 9.17) is 0 Å². The molecular weight excluding hydrogens is 176 g/mol. The van der Waals surface area contributed by atoms with Crippen molar-refractivity contribution in [3.8, 4) is 0 Å². The van der Waals surface area contributed by atoms with Crippen molar-refractivity contribution in [2.24, 2.45) is 0 Å². The van der Waals surface area contributed by atoms with Gasteiger partial charge < -0.3 is 5.32 Å². The summed E-state index contributed by atoms with van der Waals surface area (Å²) in [6.07, 6.45) is 5.04. The molecular formula is C11H16N2O. The van der Waals surface area contributed by atoms with Crippen molar-refractivity contribution >= 4 is 5.91 Å². The Kier molecular flexibility index (Phi) is 4.11. The zero-order valence-corrected chi connectivity index (χ0v) is 8.71. The predicted octanol–water partition coefficient (Wildman–Crippen LogP) is 1.81. The molecule has 76 valence electrons. The number of amides is 1. The van der Waals surface area contributed by atoms with Crippen LogP contribution in [0.2, 0.25) is 0 Å². The average molecular weight is 192 g/mol. The van der Waals surface area contributed by atoms with Crippen LogP contribution in [-0.2, 0) is 11.3 Å². The first-order chi connectivity index (χ1) is 6.74. The van der Waals surface area contributed by atoms with Crippen LogP contribution < -0.4 is 5.32 Å². The number of pyridine rings is 1. The van der Waals surface area contributed by atoms with Gasteiger partial charge in [-0.05, 0) is 30.5 Å². The van der Waals surface area contributed by atoms with Crippen LogP contribution >= 0.6 is 0 Å². The summed E-state index contributed by atoms with van der Waals surface area (Å²) in [5.41, 5.74) is 2.24. The smallest absolute Gasteiger partial charge is 0.220 e. The molecule has 1 amide bonds. The van der Waals surface area contributed by atoms with Gasteiger partial charge in [-0.2, -0.15) is 0 Å². The molecule has 0 unspecified atom stereocenters. The van der Waals surface area contributed by atoms with E-state index in [0.29, 0.717) is 13.0 Å². The Morgan fingerprint density at radius 3 is 3.00 bits per heavy atom. The Morgan fingerprint density at radius 1 is 1.57 bits per heavy atom. The fourth-order valence-electron chi connectivity index (χ4n) is 1.21. The van der Waals surface area contributed by atoms with Gasteiger partial charge in [0.2, 0.25) is 5.91 Å². The zero-order chi connectivity index (χ0) is 10.4. The Morgan fingerprint density at radius 2 is 2.36 bits per heavy atom. The second kappa shape index (κ2) is 5.37. The van der Waals surface area contributed by atoms with E-state index in [9.17, 15) is 4.79 Å². The van der Waals surface area contributed by atoms with Gasteiger partial charge in [0.05, 0.1) is 0 Å². The van der Waals surface area contributed by atoms with Gasteiger partial charge in [0.15, 0.2) is 0 Å². The van der Waals surface area contributed by atoms with Crippen LogP contribution in [0.25, 0.3) is 0 Å². The maximum atomic E-state index is 11.2. The Labute approximate surface area is 84.6 Å². The zero-order valence-electron chi connectivity index (χ0n) is 8.71. The van der Waals surface area contributed by atoms with Crippen LogP contribution in [0.15, 0.2) is 18.5 Å². The maximum absolute atomic E-state index is 11.2. The van der Waals surface area contributed by atoms with Gasteiger partial charge in [-0.3, -0.25) is 9.78 Å². The molecule has 0 spiro atoms. The fourth-order valence-corrected chi connectivity index (χ4v) is 1.21. The molecule has 0 aliphatic rings. The quantitative estimate of drug-likeness (QED) is 0.790. The third-order valence-electron chi connectivity index (χ3n) is 2.09. The number of carbonyl (C=O) groups excluding carboxylic acids is 1. The van der Waals surface area contributed by atoms with Crippen LogP contribution in [0.5, 0.6) is 0 Å². The maximum Gasteiger partial charge on any atom is 0.220 e. The monoisotopic (exact) mass is 192 g/mol. The molecule has 1 aromatic heterocycles. The van der Waals surface area contributed by atoms with Crippen LogP contribution in [0.3, 0.4) is 0 Å². The number of aryl methyl sites for hydroxylation is 1. The van der Waals surface area contributed by atoms with Gasteiger partial charge in [-0.1, -0.05) is 6.92 Å². The standard InChI is InChI=1S/C11H16N2O/c1-3-4-11(14)13-8-10-5-6-12-7-9(10)2/h5-7H,3-4,8H2,1-2H3,(H,13,14). The Balaban J connectivity index is 2.46. The summed E-state index contributed by atoms with van der Waals surface area (Å²) in [5.74, 6) is 0.115. The molecule has 1 N–H and O–H groups in total. The van der Waals surface area contributed by atoms with E-state index < -0.39 is 0 Å². The lowest BCUT2D eigenvalue weighted by Gasteiger charge is -2.06. The number of nitrogens with one attached hydrogen (secondary N) is 1. The van der Waals surface area contributed by atoms with Crippen LogP contribution in [0.4, 0.5) is 0 Å². The topological polar surface area (TPSA) is 42.0 Å². The van der Waals surface area contributed by atoms with Crippen molar-refractivity contribution < 1.29 is 4.79 Å². The molecule has 0 fully saturated rings. The van der Waals surface area contributed by atoms with Crippen molar-refractivity contribution in [2.45, 2.75) is 33.2 Å². The highest BCUT2D eigenvalue weighted by Crippen LogP contribution is 2.04. The third-order valence-corrected chi connectivity index (χ3v) is 2.09. The first kappa shape index (κ1) is 10.7. The SMILES string of the molecule is CCCC(=O)NCc1ccncc1C. The molecule has 1 rings (SSSR count). The van der Waals surface area contributed by atoms with Gasteiger partial charge in [0.25, 0.3) is 0 Å². The number of hydrogen-bond acceptors (Lipinski definition) is 2. The average Bonchev–Trinajstić information content (AvgIpc) is 2.17. The molecule has 3 heteroatoms. The summed E-state index contributed by atoms with van der Waals surface area (Å²) >= 11 is 0. The van der Waals surface area contributed by atoms with E-state index >= 15 is 0 Å². The molecule has 1 heterocycles. The first-order valence-electron chi connectivity index (χ1n) is 4.90. The van der Waals surface area contributed by atoms with Crippen molar-refractivity contribution in [2.75, 3.05) is 0 Å². The summed E-state index contributed by atoms with van der Waals surface area (Å²) in [5, 5.41) is 2.87. The minimum Gasteiger partial charge on any atom is -0.352 e. The Hall–Kier alpha value is -1.38. The summed E-state index contributed by atoms with van der Waals surface area (Å²) in [6.45, 7) is 4.60. The molecule has 0 radical (unpaired) electrons. The van der Waals surface area contributed by atoms with Gasteiger partial charge in [-0.15, -0.1) is 0 Å². The van der Waals surface area contributed by atoms with Crippen molar-refractivity contribution in [3.63, 3.8) is 0 Å². The van der Waals surface area contributed by atoms with Gasteiger partial charge in [0.1, 0.15) is 0 Å². The second-order valence-corrected chi connectivity index (χ2v) is 3.33. The number of carbonyl (C=O) groups is 1. The number of nitrogens with zero attached hydrogens (tertiary/aromatic N) is 1. The molecule has 1 aromatic rings. The highest BCUT2D eigenvalue weighted by Gasteiger charge is 2.00. The number of hydrogen-bond donors (Lipinski definition) is 1. The van der Waals surface area contributed by atoms with Gasteiger partial charge in [0, 0.05) is 25.4 Å². The summed E-state index contributed by atoms with van der Waals surface area (Å²) in [7, 11) is 0. The van der Waals surface area contributed by atoms with E-state index in [1.165, 1.54) is 0 Å². The largest absolute Gasteiger partial charge is 0.352 e. The molecule has 14 heavy (non-hydrogen) atoms. The van der Waals surface area contributed by atoms with E-state index in [2.05, 4.69) is 10.3 Å². The summed E-state index contributed by atoms with van der Waals surface area (Å²) < 4.78 is 0. The van der Waals surface area contributed by atoms with Crippen LogP contribution in [0, 0.1) is 6.92 Å². The van der Waals surface area contributed by atoms with Crippen molar-refractivity contribution in [1.82, 2.24) is 10.3 Å². The number of rotatable bonds is 4. The molecule has 0 saturated carbocycles. The second-order valence-electron chi connectivity index (χ2n) is 3.33.